The van der Waals surface area contributed by atoms with E-state index in [1.54, 1.807) is 28.1 Å². The van der Waals surface area contributed by atoms with E-state index in [1.165, 1.54) is 6.26 Å². The van der Waals surface area contributed by atoms with E-state index < -0.39 is 0 Å². The molecule has 0 aliphatic carbocycles. The van der Waals surface area contributed by atoms with Crippen LogP contribution in [0.25, 0.3) is 6.08 Å². The van der Waals surface area contributed by atoms with Gasteiger partial charge in [-0.05, 0) is 29.8 Å². The summed E-state index contributed by atoms with van der Waals surface area (Å²) in [5.74, 6) is 0.188. The van der Waals surface area contributed by atoms with E-state index in [0.717, 1.165) is 10.0 Å². The lowest BCUT2D eigenvalue weighted by Gasteiger charge is -2.34. The highest BCUT2D eigenvalue weighted by molar-refractivity contribution is 9.10. The van der Waals surface area contributed by atoms with Gasteiger partial charge in [-0.15, -0.1) is 0 Å². The Bertz CT molecular complexity index is 766. The molecule has 1 fully saturated rings. The normalized spacial score (nSPS) is 14.8. The number of piperazine rings is 1. The number of halogens is 1. The zero-order valence-corrected chi connectivity index (χ0v) is 15.1. The number of furan rings is 1. The summed E-state index contributed by atoms with van der Waals surface area (Å²) in [4.78, 5) is 27.8. The molecule has 0 radical (unpaired) electrons. The molecule has 6 nitrogen and oxygen atoms in total. The van der Waals surface area contributed by atoms with Crippen LogP contribution < -0.4 is 5.32 Å². The highest BCUT2D eigenvalue weighted by Gasteiger charge is 2.25. The topological polar surface area (TPSA) is 65.8 Å². The molecule has 25 heavy (non-hydrogen) atoms. The van der Waals surface area contributed by atoms with Crippen molar-refractivity contribution >= 4 is 33.9 Å². The number of carbonyl (C=O) groups excluding carboxylic acids is 2. The Kier molecular flexibility index (Phi) is 5.55. The number of carbonyl (C=O) groups is 2. The van der Waals surface area contributed by atoms with Crippen LogP contribution in [0, 0.1) is 0 Å². The van der Waals surface area contributed by atoms with Crippen molar-refractivity contribution in [1.82, 2.24) is 15.1 Å². The minimum atomic E-state index is -0.173. The summed E-state index contributed by atoms with van der Waals surface area (Å²) in [6, 6.07) is 10.9. The monoisotopic (exact) mass is 403 g/mol. The second-order valence-electron chi connectivity index (χ2n) is 5.56. The van der Waals surface area contributed by atoms with Crippen molar-refractivity contribution in [2.24, 2.45) is 0 Å². The van der Waals surface area contributed by atoms with Crippen molar-refractivity contribution in [2.45, 2.75) is 0 Å². The smallest absolute Gasteiger partial charge is 0.321 e. The predicted octanol–water partition coefficient (Wildman–Crippen LogP) is 3.18. The summed E-state index contributed by atoms with van der Waals surface area (Å²) < 4.78 is 6.09. The first-order valence-electron chi connectivity index (χ1n) is 7.94. The molecule has 130 valence electrons. The molecule has 1 aromatic heterocycles. The highest BCUT2D eigenvalue weighted by atomic mass is 79.9. The van der Waals surface area contributed by atoms with E-state index in [1.807, 2.05) is 30.3 Å². The number of rotatable bonds is 3. The largest absolute Gasteiger partial charge is 0.459 e. The van der Waals surface area contributed by atoms with Crippen LogP contribution in [0.5, 0.6) is 0 Å². The standard InChI is InChI=1S/C18H18BrN3O3/c19-15-5-2-1-4-14(15)7-8-20-18(24)22-11-9-21(10-12-22)17(23)16-6-3-13-25-16/h1-8,13H,9-12H2,(H,20,24)/b8-7+. The molecule has 0 bridgehead atoms. The lowest BCUT2D eigenvalue weighted by Crippen LogP contribution is -2.52. The van der Waals surface area contributed by atoms with Crippen molar-refractivity contribution < 1.29 is 14.0 Å². The Balaban J connectivity index is 1.48. The van der Waals surface area contributed by atoms with Gasteiger partial charge in [0.25, 0.3) is 5.91 Å². The van der Waals surface area contributed by atoms with Crippen LogP contribution in [0.4, 0.5) is 4.79 Å². The van der Waals surface area contributed by atoms with Crippen LogP contribution in [0.3, 0.4) is 0 Å². The fourth-order valence-corrected chi connectivity index (χ4v) is 2.99. The summed E-state index contributed by atoms with van der Waals surface area (Å²) in [6.45, 7) is 1.95. The number of hydrogen-bond donors (Lipinski definition) is 1. The first-order valence-corrected chi connectivity index (χ1v) is 8.74. The van der Waals surface area contributed by atoms with E-state index >= 15 is 0 Å². The van der Waals surface area contributed by atoms with Gasteiger partial charge in [-0.25, -0.2) is 4.79 Å². The Labute approximate surface area is 154 Å². The average molecular weight is 404 g/mol. The number of hydrogen-bond acceptors (Lipinski definition) is 3. The molecule has 1 N–H and O–H groups in total. The van der Waals surface area contributed by atoms with Crippen LogP contribution in [0.2, 0.25) is 0 Å². The fraction of sp³-hybridized carbons (Fsp3) is 0.222. The maximum absolute atomic E-state index is 12.2. The molecule has 1 aliphatic heterocycles. The van der Waals surface area contributed by atoms with Crippen LogP contribution in [0.15, 0.2) is 57.8 Å². The van der Waals surface area contributed by atoms with Gasteiger partial charge < -0.3 is 19.5 Å². The van der Waals surface area contributed by atoms with Gasteiger partial charge in [-0.3, -0.25) is 4.79 Å². The molecule has 0 spiro atoms. The third-order valence-electron chi connectivity index (χ3n) is 3.96. The first kappa shape index (κ1) is 17.3. The van der Waals surface area contributed by atoms with Crippen LogP contribution in [-0.4, -0.2) is 47.9 Å². The zero-order valence-electron chi connectivity index (χ0n) is 13.5. The molecular weight excluding hydrogens is 386 g/mol. The molecule has 0 saturated carbocycles. The van der Waals surface area contributed by atoms with Crippen molar-refractivity contribution in [3.8, 4) is 0 Å². The van der Waals surface area contributed by atoms with Crippen molar-refractivity contribution in [1.29, 1.82) is 0 Å². The Morgan fingerprint density at radius 2 is 1.76 bits per heavy atom. The molecule has 1 saturated heterocycles. The van der Waals surface area contributed by atoms with Gasteiger partial charge in [0.05, 0.1) is 6.26 Å². The lowest BCUT2D eigenvalue weighted by atomic mass is 10.2. The second-order valence-corrected chi connectivity index (χ2v) is 6.42. The minimum Gasteiger partial charge on any atom is -0.459 e. The molecule has 3 rings (SSSR count). The van der Waals surface area contributed by atoms with E-state index in [2.05, 4.69) is 21.2 Å². The minimum absolute atomic E-state index is 0.140. The van der Waals surface area contributed by atoms with Gasteiger partial charge >= 0.3 is 6.03 Å². The molecule has 1 aliphatic rings. The zero-order chi connectivity index (χ0) is 17.6. The molecule has 1 aromatic carbocycles. The molecule has 2 heterocycles. The third kappa shape index (κ3) is 4.30. The van der Waals surface area contributed by atoms with Gasteiger partial charge in [0.1, 0.15) is 0 Å². The highest BCUT2D eigenvalue weighted by Crippen LogP contribution is 2.16. The Morgan fingerprint density at radius 3 is 2.44 bits per heavy atom. The fourth-order valence-electron chi connectivity index (χ4n) is 2.57. The third-order valence-corrected chi connectivity index (χ3v) is 4.68. The molecular formula is C18H18BrN3O3. The summed E-state index contributed by atoms with van der Waals surface area (Å²) in [5.41, 5.74) is 0.983. The molecule has 3 amide bonds. The maximum Gasteiger partial charge on any atom is 0.321 e. The lowest BCUT2D eigenvalue weighted by molar-refractivity contribution is 0.0636. The van der Waals surface area contributed by atoms with Crippen molar-refractivity contribution in [3.05, 3.63) is 64.7 Å². The predicted molar refractivity (Wildman–Crippen MR) is 97.9 cm³/mol. The molecule has 0 unspecified atom stereocenters. The van der Waals surface area contributed by atoms with Crippen LogP contribution >= 0.6 is 15.9 Å². The average Bonchev–Trinajstić information content (AvgIpc) is 3.17. The van der Waals surface area contributed by atoms with Crippen molar-refractivity contribution in [3.63, 3.8) is 0 Å². The van der Waals surface area contributed by atoms with Gasteiger partial charge in [0, 0.05) is 36.9 Å². The Hall–Kier alpha value is -2.54. The van der Waals surface area contributed by atoms with E-state index in [4.69, 9.17) is 4.42 Å². The molecule has 0 atom stereocenters. The van der Waals surface area contributed by atoms with E-state index in [9.17, 15) is 9.59 Å². The number of nitrogens with one attached hydrogen (secondary N) is 1. The number of nitrogens with zero attached hydrogens (tertiary/aromatic N) is 2. The molecule has 7 heteroatoms. The summed E-state index contributed by atoms with van der Waals surface area (Å²) in [7, 11) is 0. The van der Waals surface area contributed by atoms with Crippen molar-refractivity contribution in [2.75, 3.05) is 26.2 Å². The first-order chi connectivity index (χ1) is 12.1. The van der Waals surface area contributed by atoms with E-state index in [0.29, 0.717) is 31.9 Å². The molecule has 2 aromatic rings. The van der Waals surface area contributed by atoms with Gasteiger partial charge in [-0.1, -0.05) is 34.1 Å². The Morgan fingerprint density at radius 1 is 1.04 bits per heavy atom. The quantitative estimate of drug-likeness (QED) is 0.855. The van der Waals surface area contributed by atoms with Gasteiger partial charge in [0.15, 0.2) is 5.76 Å². The van der Waals surface area contributed by atoms with Gasteiger partial charge in [0.2, 0.25) is 0 Å². The van der Waals surface area contributed by atoms with Crippen LogP contribution in [-0.2, 0) is 0 Å². The number of amides is 3. The number of urea groups is 1. The maximum atomic E-state index is 12.2. The SMILES string of the molecule is O=C(N/C=C/c1ccccc1Br)N1CCN(C(=O)c2ccco2)CC1. The summed E-state index contributed by atoms with van der Waals surface area (Å²) in [6.07, 6.45) is 4.94. The summed E-state index contributed by atoms with van der Waals surface area (Å²) in [5, 5.41) is 2.76. The van der Waals surface area contributed by atoms with E-state index in [-0.39, 0.29) is 11.9 Å². The summed E-state index contributed by atoms with van der Waals surface area (Å²) >= 11 is 3.46. The van der Waals surface area contributed by atoms with Gasteiger partial charge in [-0.2, -0.15) is 0 Å². The van der Waals surface area contributed by atoms with Crippen LogP contribution in [0.1, 0.15) is 16.1 Å². The number of benzene rings is 1. The second kappa shape index (κ2) is 8.02.